The lowest BCUT2D eigenvalue weighted by Gasteiger charge is -2.61. The van der Waals surface area contributed by atoms with Gasteiger partial charge in [-0.25, -0.2) is 0 Å². The van der Waals surface area contributed by atoms with E-state index in [4.69, 9.17) is 0 Å². The number of benzene rings is 1. The lowest BCUT2D eigenvalue weighted by molar-refractivity contribution is -0.116. The zero-order chi connectivity index (χ0) is 30.7. The van der Waals surface area contributed by atoms with E-state index < -0.39 is 0 Å². The van der Waals surface area contributed by atoms with E-state index in [0.29, 0.717) is 22.3 Å². The van der Waals surface area contributed by atoms with Gasteiger partial charge in [-0.15, -0.1) is 13.2 Å². The molecule has 0 amide bonds. The Bertz CT molecular complexity index is 869. The van der Waals surface area contributed by atoms with Crippen LogP contribution in [0.4, 0.5) is 0 Å². The average molecular weight is 552 g/mol. The first kappa shape index (κ1) is 36.7. The Labute approximate surface area is 252 Å². The fraction of sp³-hybridized carbons (Fsp3) is 0.744. The van der Waals surface area contributed by atoms with Gasteiger partial charge in [0.25, 0.3) is 0 Å². The van der Waals surface area contributed by atoms with Gasteiger partial charge in [-0.05, 0) is 130 Å². The van der Waals surface area contributed by atoms with E-state index in [1.54, 1.807) is 0 Å². The van der Waals surface area contributed by atoms with Crippen LogP contribution in [0.25, 0.3) is 6.08 Å². The minimum absolute atomic E-state index is 0.585. The van der Waals surface area contributed by atoms with E-state index in [1.165, 1.54) is 68.9 Å². The second-order valence-electron chi connectivity index (χ2n) is 14.0. The molecule has 1 heteroatoms. The fourth-order valence-corrected chi connectivity index (χ4v) is 9.80. The average Bonchev–Trinajstić information content (AvgIpc) is 3.32. The van der Waals surface area contributed by atoms with Crippen LogP contribution in [0.1, 0.15) is 131 Å². The summed E-state index contributed by atoms with van der Waals surface area (Å²) in [4.78, 5) is 0. The lowest BCUT2D eigenvalue weighted by Crippen LogP contribution is -2.54. The molecule has 0 bridgehead atoms. The highest BCUT2D eigenvalue weighted by molar-refractivity contribution is 5.47. The molecule has 0 aliphatic heterocycles. The molecule has 0 saturated heterocycles. The third kappa shape index (κ3) is 8.14. The van der Waals surface area contributed by atoms with Crippen LogP contribution in [0.15, 0.2) is 44.0 Å². The Hall–Kier alpha value is -1.34. The molecule has 8 atom stereocenters. The molecule has 4 aliphatic rings. The summed E-state index contributed by atoms with van der Waals surface area (Å²) >= 11 is 0. The maximum Gasteiger partial charge on any atom is 0.00693 e. The van der Waals surface area contributed by atoms with E-state index in [9.17, 15) is 0 Å². The maximum atomic E-state index is 3.67. The first-order valence-corrected chi connectivity index (χ1v) is 16.9. The third-order valence-electron chi connectivity index (χ3n) is 11.4. The van der Waals surface area contributed by atoms with E-state index >= 15 is 0 Å². The molecular weight excluding hydrogens is 482 g/mol. The minimum Gasteiger partial charge on any atom is -0.317 e. The molecule has 0 radical (unpaired) electrons. The zero-order valence-corrected chi connectivity index (χ0v) is 28.8. The Morgan fingerprint density at radius 2 is 1.45 bits per heavy atom. The molecule has 40 heavy (non-hydrogen) atoms. The molecule has 1 aromatic carbocycles. The van der Waals surface area contributed by atoms with Gasteiger partial charge in [0.1, 0.15) is 0 Å². The van der Waals surface area contributed by atoms with Crippen molar-refractivity contribution in [3.05, 3.63) is 55.1 Å². The summed E-state index contributed by atoms with van der Waals surface area (Å²) in [6.45, 7) is 32.6. The number of hydrogen-bond acceptors (Lipinski definition) is 1. The quantitative estimate of drug-likeness (QED) is 0.368. The third-order valence-corrected chi connectivity index (χ3v) is 11.4. The normalized spacial score (nSPS) is 35.4. The van der Waals surface area contributed by atoms with Gasteiger partial charge in [0.2, 0.25) is 0 Å². The molecule has 4 saturated carbocycles. The van der Waals surface area contributed by atoms with Crippen molar-refractivity contribution < 1.29 is 0 Å². The molecule has 1 aromatic rings. The summed E-state index contributed by atoms with van der Waals surface area (Å²) in [5.41, 5.74) is 4.32. The summed E-state index contributed by atoms with van der Waals surface area (Å²) in [6.07, 6.45) is 15.4. The molecule has 1 N–H and O–H groups in total. The van der Waals surface area contributed by atoms with Crippen molar-refractivity contribution in [1.82, 2.24) is 5.32 Å². The lowest BCUT2D eigenvalue weighted by atomic mass is 9.44. The number of hydrogen-bond donors (Lipinski definition) is 1. The molecule has 0 heterocycles. The summed E-state index contributed by atoms with van der Waals surface area (Å²) in [5.74, 6) is 5.06. The molecule has 4 aliphatic carbocycles. The van der Waals surface area contributed by atoms with Crippen LogP contribution < -0.4 is 5.32 Å². The van der Waals surface area contributed by atoms with Gasteiger partial charge >= 0.3 is 0 Å². The van der Waals surface area contributed by atoms with E-state index in [0.717, 1.165) is 29.6 Å². The van der Waals surface area contributed by atoms with E-state index in [-0.39, 0.29) is 0 Å². The van der Waals surface area contributed by atoms with Crippen molar-refractivity contribution >= 4 is 6.08 Å². The van der Waals surface area contributed by atoms with E-state index in [1.807, 2.05) is 45.9 Å². The van der Waals surface area contributed by atoms with Crippen molar-refractivity contribution in [2.24, 2.45) is 45.8 Å². The van der Waals surface area contributed by atoms with Crippen LogP contribution in [-0.4, -0.2) is 13.1 Å². The van der Waals surface area contributed by atoms with Crippen LogP contribution in [0.3, 0.4) is 0 Å². The van der Waals surface area contributed by atoms with Gasteiger partial charge < -0.3 is 5.32 Å². The molecule has 230 valence electrons. The predicted octanol–water partition coefficient (Wildman–Crippen LogP) is 11.8. The smallest absolute Gasteiger partial charge is 0.00693 e. The van der Waals surface area contributed by atoms with Crippen LogP contribution >= 0.6 is 0 Å². The fourth-order valence-electron chi connectivity index (χ4n) is 9.80. The van der Waals surface area contributed by atoms with Gasteiger partial charge in [-0.1, -0.05) is 97.9 Å². The molecule has 0 spiro atoms. The van der Waals surface area contributed by atoms with Crippen LogP contribution in [0.2, 0.25) is 0 Å². The van der Waals surface area contributed by atoms with Crippen molar-refractivity contribution in [2.75, 3.05) is 7.05 Å². The number of rotatable bonds is 3. The molecule has 5 rings (SSSR count). The standard InChI is InChI=1S/C24H43N.C9H10.2C2H6.C2H4/c1-16(25-6)19-7-8-21-18-9-13-23(4)15-22(2,3)12-11-20(23)17(18)10-14-24(19,21)5;1-3-9-6-4-5-8(2)7-9;3*1-2/h16-21,25H,7-15H2,1-6H3;3-7H,1H2,2H3;2*1-2H3;1-2H2/t16-,17?,18?,19?,20?,21?,23?,24?;;;;/m0..../s1. The van der Waals surface area contributed by atoms with Gasteiger partial charge in [0.15, 0.2) is 0 Å². The zero-order valence-electron chi connectivity index (χ0n) is 28.8. The van der Waals surface area contributed by atoms with Crippen molar-refractivity contribution in [3.8, 4) is 0 Å². The van der Waals surface area contributed by atoms with Gasteiger partial charge in [0, 0.05) is 6.04 Å². The van der Waals surface area contributed by atoms with E-state index in [2.05, 4.69) is 85.8 Å². The Morgan fingerprint density at radius 3 is 2.00 bits per heavy atom. The highest BCUT2D eigenvalue weighted by Gasteiger charge is 2.60. The predicted molar refractivity (Wildman–Crippen MR) is 183 cm³/mol. The van der Waals surface area contributed by atoms with Gasteiger partial charge in [-0.3, -0.25) is 0 Å². The first-order chi connectivity index (χ1) is 19.0. The van der Waals surface area contributed by atoms with Crippen molar-refractivity contribution in [3.63, 3.8) is 0 Å². The molecule has 1 nitrogen and oxygen atoms in total. The van der Waals surface area contributed by atoms with Gasteiger partial charge in [0.05, 0.1) is 0 Å². The molecule has 7 unspecified atom stereocenters. The number of fused-ring (bicyclic) bond motifs is 5. The monoisotopic (exact) mass is 552 g/mol. The largest absolute Gasteiger partial charge is 0.317 e. The van der Waals surface area contributed by atoms with Crippen LogP contribution in [0.5, 0.6) is 0 Å². The summed E-state index contributed by atoms with van der Waals surface area (Å²) in [7, 11) is 2.17. The minimum atomic E-state index is 0.585. The van der Waals surface area contributed by atoms with Crippen LogP contribution in [0, 0.1) is 52.8 Å². The summed E-state index contributed by atoms with van der Waals surface area (Å²) < 4.78 is 0. The molecule has 4 fully saturated rings. The number of nitrogens with one attached hydrogen (secondary N) is 1. The Balaban J connectivity index is 0.000000447. The molecular formula is C39H69N. The summed E-state index contributed by atoms with van der Waals surface area (Å²) in [5, 5.41) is 3.60. The Morgan fingerprint density at radius 1 is 0.850 bits per heavy atom. The maximum absolute atomic E-state index is 3.67. The first-order valence-electron chi connectivity index (χ1n) is 16.9. The summed E-state index contributed by atoms with van der Waals surface area (Å²) in [6, 6.07) is 8.95. The second kappa shape index (κ2) is 16.3. The number of aryl methyl sites for hydroxylation is 1. The van der Waals surface area contributed by atoms with Gasteiger partial charge in [-0.2, -0.15) is 0 Å². The molecule has 0 aromatic heterocycles. The highest BCUT2D eigenvalue weighted by atomic mass is 14.9. The van der Waals surface area contributed by atoms with Crippen molar-refractivity contribution in [1.29, 1.82) is 0 Å². The highest BCUT2D eigenvalue weighted by Crippen LogP contribution is 2.68. The Kier molecular flexibility index (Phi) is 15.0. The van der Waals surface area contributed by atoms with Crippen molar-refractivity contribution in [2.45, 2.75) is 133 Å². The van der Waals surface area contributed by atoms with Crippen LogP contribution in [-0.2, 0) is 0 Å². The SMILES string of the molecule is C=C.C=Cc1cccc(C)c1.CC.CC.CN[C@@H](C)C1CCC2C3CCC4(C)CC(C)(C)CCC4C3CCC21C. The second-order valence-corrected chi connectivity index (χ2v) is 14.0. The topological polar surface area (TPSA) is 12.0 Å².